The van der Waals surface area contributed by atoms with Crippen LogP contribution in [0.1, 0.15) is 19.4 Å². The van der Waals surface area contributed by atoms with Crippen molar-refractivity contribution in [3.05, 3.63) is 58.9 Å². The maximum Gasteiger partial charge on any atom is 0.260 e. The first kappa shape index (κ1) is 24.5. The van der Waals surface area contributed by atoms with E-state index in [1.54, 1.807) is 30.3 Å². The van der Waals surface area contributed by atoms with E-state index in [1.165, 1.54) is 12.1 Å². The van der Waals surface area contributed by atoms with Crippen LogP contribution in [0, 0.1) is 5.82 Å². The van der Waals surface area contributed by atoms with Gasteiger partial charge in [-0.3, -0.25) is 14.5 Å². The van der Waals surface area contributed by atoms with Crippen LogP contribution in [0.2, 0.25) is 5.02 Å². The molecule has 0 saturated carbocycles. The van der Waals surface area contributed by atoms with Gasteiger partial charge in [-0.25, -0.2) is 4.39 Å². The fourth-order valence-corrected chi connectivity index (χ4v) is 4.03. The van der Waals surface area contributed by atoms with Crippen molar-refractivity contribution in [3.63, 3.8) is 0 Å². The van der Waals surface area contributed by atoms with Crippen molar-refractivity contribution >= 4 is 45.0 Å². The molecule has 1 aliphatic heterocycles. The van der Waals surface area contributed by atoms with E-state index >= 15 is 0 Å². The molecule has 2 aromatic carbocycles. The topological polar surface area (TPSA) is 61.9 Å². The number of nitrogens with zero attached hydrogens (tertiary/aromatic N) is 2. The molecule has 172 valence electrons. The Labute approximate surface area is 200 Å². The molecule has 3 rings (SSSR count). The molecule has 1 heterocycles. The lowest BCUT2D eigenvalue weighted by Gasteiger charge is -2.44. The lowest BCUT2D eigenvalue weighted by atomic mass is 10.1. The van der Waals surface area contributed by atoms with Crippen molar-refractivity contribution in [2.75, 3.05) is 30.3 Å². The molecule has 2 atom stereocenters. The molecule has 1 aliphatic rings. The number of rotatable bonds is 7. The second-order valence-corrected chi connectivity index (χ2v) is 8.91. The Bertz CT molecular complexity index is 960. The first-order chi connectivity index (χ1) is 15.3. The van der Waals surface area contributed by atoms with E-state index < -0.39 is 0 Å². The third-order valence-corrected chi connectivity index (χ3v) is 6.17. The Morgan fingerprint density at radius 2 is 1.88 bits per heavy atom. The number of amides is 2. The van der Waals surface area contributed by atoms with Gasteiger partial charge in [0, 0.05) is 36.7 Å². The quantitative estimate of drug-likeness (QED) is 0.546. The number of anilines is 1. The van der Waals surface area contributed by atoms with Crippen LogP contribution in [0.3, 0.4) is 0 Å². The van der Waals surface area contributed by atoms with Crippen molar-refractivity contribution < 1.29 is 18.7 Å². The van der Waals surface area contributed by atoms with Gasteiger partial charge in [-0.15, -0.1) is 0 Å². The second-order valence-electron chi connectivity index (χ2n) is 7.91. The number of piperazine rings is 1. The van der Waals surface area contributed by atoms with Gasteiger partial charge >= 0.3 is 0 Å². The number of benzene rings is 2. The minimum Gasteiger partial charge on any atom is -0.482 e. The molecule has 0 aromatic heterocycles. The summed E-state index contributed by atoms with van der Waals surface area (Å²) < 4.78 is 18.9. The molecule has 1 saturated heterocycles. The molecule has 9 heteroatoms. The molecule has 1 N–H and O–H groups in total. The summed E-state index contributed by atoms with van der Waals surface area (Å²) in [4.78, 5) is 28.7. The summed E-state index contributed by atoms with van der Waals surface area (Å²) in [5, 5.41) is 3.29. The molecule has 0 radical (unpaired) electrons. The molecule has 0 bridgehead atoms. The van der Waals surface area contributed by atoms with Crippen molar-refractivity contribution in [2.24, 2.45) is 0 Å². The summed E-state index contributed by atoms with van der Waals surface area (Å²) in [6, 6.07) is 11.5. The van der Waals surface area contributed by atoms with Gasteiger partial charge in [0.2, 0.25) is 5.91 Å². The third-order valence-electron chi connectivity index (χ3n) is 5.42. The molecule has 2 unspecified atom stereocenters. The van der Waals surface area contributed by atoms with E-state index in [-0.39, 0.29) is 41.7 Å². The largest absolute Gasteiger partial charge is 0.482 e. The standard InChI is InChI=1S/C23H26BrClFN3O3/c1-15-12-29(16(2)11-28(15)13-17-3-6-19(26)7-4-17)23(31)14-32-21-8-5-18(25)9-20(21)27-22(30)10-24/h3-9,15-16H,10-14H2,1-2H3,(H,27,30). The van der Waals surface area contributed by atoms with E-state index in [1.807, 2.05) is 11.8 Å². The first-order valence-electron chi connectivity index (χ1n) is 10.3. The highest BCUT2D eigenvalue weighted by Gasteiger charge is 2.32. The van der Waals surface area contributed by atoms with Gasteiger partial charge in [-0.1, -0.05) is 39.7 Å². The van der Waals surface area contributed by atoms with Crippen molar-refractivity contribution in [3.8, 4) is 5.75 Å². The van der Waals surface area contributed by atoms with Crippen LogP contribution in [-0.4, -0.2) is 58.7 Å². The van der Waals surface area contributed by atoms with Gasteiger partial charge in [0.05, 0.1) is 11.0 Å². The number of carbonyl (C=O) groups is 2. The predicted octanol–water partition coefficient (Wildman–Crippen LogP) is 4.31. The number of nitrogens with one attached hydrogen (secondary N) is 1. The van der Waals surface area contributed by atoms with Gasteiger partial charge in [-0.2, -0.15) is 0 Å². The first-order valence-corrected chi connectivity index (χ1v) is 11.8. The smallest absolute Gasteiger partial charge is 0.260 e. The zero-order chi connectivity index (χ0) is 23.3. The zero-order valence-corrected chi connectivity index (χ0v) is 20.3. The molecule has 1 fully saturated rings. The number of hydrogen-bond acceptors (Lipinski definition) is 4. The normalized spacial score (nSPS) is 19.0. The maximum atomic E-state index is 13.2. The molecule has 2 aromatic rings. The summed E-state index contributed by atoms with van der Waals surface area (Å²) >= 11 is 9.13. The Morgan fingerprint density at radius 3 is 2.56 bits per heavy atom. The van der Waals surface area contributed by atoms with E-state index in [2.05, 4.69) is 33.1 Å². The molecule has 32 heavy (non-hydrogen) atoms. The number of ether oxygens (including phenoxy) is 1. The number of hydrogen-bond donors (Lipinski definition) is 1. The number of halogens is 3. The SMILES string of the molecule is CC1CN(C(=O)COc2ccc(Cl)cc2NC(=O)CBr)C(C)CN1Cc1ccc(F)cc1. The minimum absolute atomic E-state index is 0.000497. The molecule has 6 nitrogen and oxygen atoms in total. The molecular formula is C23H26BrClFN3O3. The van der Waals surface area contributed by atoms with E-state index in [9.17, 15) is 14.0 Å². The fourth-order valence-electron chi connectivity index (χ4n) is 3.72. The van der Waals surface area contributed by atoms with Gasteiger partial charge in [0.25, 0.3) is 5.91 Å². The average molecular weight is 527 g/mol. The summed E-state index contributed by atoms with van der Waals surface area (Å²) in [7, 11) is 0. The Balaban J connectivity index is 1.59. The van der Waals surface area contributed by atoms with Crippen LogP contribution < -0.4 is 10.1 Å². The van der Waals surface area contributed by atoms with Crippen LogP contribution in [-0.2, 0) is 16.1 Å². The van der Waals surface area contributed by atoms with Crippen molar-refractivity contribution in [2.45, 2.75) is 32.5 Å². The molecular weight excluding hydrogens is 501 g/mol. The molecule has 0 spiro atoms. The highest BCUT2D eigenvalue weighted by Crippen LogP contribution is 2.28. The summed E-state index contributed by atoms with van der Waals surface area (Å²) in [6.07, 6.45) is 0. The van der Waals surface area contributed by atoms with E-state index in [4.69, 9.17) is 16.3 Å². The Morgan fingerprint density at radius 1 is 1.16 bits per heavy atom. The van der Waals surface area contributed by atoms with Gasteiger partial charge in [0.1, 0.15) is 11.6 Å². The Kier molecular flexibility index (Phi) is 8.51. The van der Waals surface area contributed by atoms with E-state index in [0.717, 1.165) is 5.56 Å². The van der Waals surface area contributed by atoms with Gasteiger partial charge in [-0.05, 0) is 49.7 Å². The maximum absolute atomic E-state index is 13.2. The lowest BCUT2D eigenvalue weighted by molar-refractivity contribution is -0.139. The number of carbonyl (C=O) groups excluding carboxylic acids is 2. The molecule has 0 aliphatic carbocycles. The Hall–Kier alpha value is -2.16. The van der Waals surface area contributed by atoms with Crippen LogP contribution in [0.25, 0.3) is 0 Å². The monoisotopic (exact) mass is 525 g/mol. The van der Waals surface area contributed by atoms with Gasteiger partial charge in [0.15, 0.2) is 6.61 Å². The third kappa shape index (κ3) is 6.43. The van der Waals surface area contributed by atoms with Crippen LogP contribution in [0.5, 0.6) is 5.75 Å². The van der Waals surface area contributed by atoms with Crippen molar-refractivity contribution in [1.82, 2.24) is 9.80 Å². The average Bonchev–Trinajstić information content (AvgIpc) is 2.76. The fraction of sp³-hybridized carbons (Fsp3) is 0.391. The molecule has 2 amide bonds. The second kappa shape index (κ2) is 11.1. The summed E-state index contributed by atoms with van der Waals surface area (Å²) in [5.41, 5.74) is 1.45. The number of alkyl halides is 1. The van der Waals surface area contributed by atoms with Crippen LogP contribution in [0.15, 0.2) is 42.5 Å². The summed E-state index contributed by atoms with van der Waals surface area (Å²) in [6.45, 7) is 5.91. The predicted molar refractivity (Wildman–Crippen MR) is 127 cm³/mol. The van der Waals surface area contributed by atoms with Gasteiger partial charge < -0.3 is 15.0 Å². The lowest BCUT2D eigenvalue weighted by Crippen LogP contribution is -2.58. The highest BCUT2D eigenvalue weighted by atomic mass is 79.9. The minimum atomic E-state index is -0.249. The highest BCUT2D eigenvalue weighted by molar-refractivity contribution is 9.09. The van der Waals surface area contributed by atoms with Crippen LogP contribution >= 0.6 is 27.5 Å². The van der Waals surface area contributed by atoms with Crippen molar-refractivity contribution in [1.29, 1.82) is 0 Å². The zero-order valence-electron chi connectivity index (χ0n) is 18.0. The summed E-state index contributed by atoms with van der Waals surface area (Å²) in [5.74, 6) is -0.240. The van der Waals surface area contributed by atoms with Crippen LogP contribution in [0.4, 0.5) is 10.1 Å². The van der Waals surface area contributed by atoms with E-state index in [0.29, 0.717) is 36.1 Å².